The van der Waals surface area contributed by atoms with Crippen molar-refractivity contribution in [3.63, 3.8) is 0 Å². The molecule has 158 valence electrons. The number of carbonyl (C=O) groups excluding carboxylic acids is 2. The average Bonchev–Trinajstić information content (AvgIpc) is 2.81. The van der Waals surface area contributed by atoms with Crippen LogP contribution in [-0.4, -0.2) is 21.8 Å². The summed E-state index contributed by atoms with van der Waals surface area (Å²) >= 11 is 0. The topological polar surface area (TPSA) is 84.0 Å². The maximum atomic E-state index is 12.6. The maximum Gasteiger partial charge on any atom is 0.274 e. The van der Waals surface area contributed by atoms with E-state index < -0.39 is 0 Å². The van der Waals surface area contributed by atoms with Crippen LogP contribution < -0.4 is 10.6 Å². The van der Waals surface area contributed by atoms with Crippen molar-refractivity contribution < 1.29 is 9.59 Å². The molecule has 1 aromatic carbocycles. The molecule has 2 N–H and O–H groups in total. The van der Waals surface area contributed by atoms with Crippen LogP contribution in [0.4, 0.5) is 11.4 Å². The molecular weight excluding hydrogens is 388 g/mol. The van der Waals surface area contributed by atoms with Gasteiger partial charge in [0.1, 0.15) is 5.69 Å². The molecule has 0 aliphatic heterocycles. The molecular formula is C25H26N4O2. The summed E-state index contributed by atoms with van der Waals surface area (Å²) < 4.78 is 0. The summed E-state index contributed by atoms with van der Waals surface area (Å²) in [5.74, 6) is 0.596. The standard InChI is InChI=1S/C25H26N4O2/c1-17-7-9-18(10-8-17)24(30)27-20-11-13-21(14-12-20)28-25(31)23-6-2-5-22(29-23)19-4-3-15-26-16-19/h2-6,11-18H,7-10H2,1H3,(H,27,30)(H,28,31). The molecule has 6 heteroatoms. The molecule has 2 amide bonds. The Kier molecular flexibility index (Phi) is 6.36. The maximum absolute atomic E-state index is 12.6. The van der Waals surface area contributed by atoms with Crippen molar-refractivity contribution in [3.8, 4) is 11.3 Å². The molecule has 4 rings (SSSR count). The number of amides is 2. The number of hydrogen-bond donors (Lipinski definition) is 2. The van der Waals surface area contributed by atoms with Gasteiger partial charge in [-0.15, -0.1) is 0 Å². The minimum Gasteiger partial charge on any atom is -0.326 e. The van der Waals surface area contributed by atoms with E-state index in [-0.39, 0.29) is 17.7 Å². The van der Waals surface area contributed by atoms with Crippen LogP contribution in [0.15, 0.2) is 67.0 Å². The van der Waals surface area contributed by atoms with Crippen LogP contribution in [0.3, 0.4) is 0 Å². The van der Waals surface area contributed by atoms with E-state index in [0.717, 1.165) is 36.9 Å². The van der Waals surface area contributed by atoms with Gasteiger partial charge in [0.05, 0.1) is 5.69 Å². The molecule has 0 saturated heterocycles. The van der Waals surface area contributed by atoms with Gasteiger partial charge in [0, 0.05) is 35.2 Å². The van der Waals surface area contributed by atoms with Crippen molar-refractivity contribution in [1.29, 1.82) is 0 Å². The number of rotatable bonds is 5. The fourth-order valence-electron chi connectivity index (χ4n) is 3.83. The van der Waals surface area contributed by atoms with Crippen LogP contribution >= 0.6 is 0 Å². The number of benzene rings is 1. The molecule has 0 atom stereocenters. The predicted molar refractivity (Wildman–Crippen MR) is 122 cm³/mol. The van der Waals surface area contributed by atoms with Crippen LogP contribution in [0.1, 0.15) is 43.1 Å². The fourth-order valence-corrected chi connectivity index (χ4v) is 3.83. The Morgan fingerprint density at radius 2 is 1.58 bits per heavy atom. The van der Waals surface area contributed by atoms with Crippen molar-refractivity contribution in [3.05, 3.63) is 72.7 Å². The third-order valence-corrected chi connectivity index (χ3v) is 5.74. The second kappa shape index (κ2) is 9.51. The Morgan fingerprint density at radius 1 is 0.871 bits per heavy atom. The van der Waals surface area contributed by atoms with E-state index in [1.165, 1.54) is 0 Å². The first-order chi connectivity index (χ1) is 15.1. The Labute approximate surface area is 182 Å². The first-order valence-corrected chi connectivity index (χ1v) is 10.7. The molecule has 0 unspecified atom stereocenters. The number of pyridine rings is 2. The molecule has 1 aliphatic rings. The summed E-state index contributed by atoms with van der Waals surface area (Å²) in [6.07, 6.45) is 7.53. The number of hydrogen-bond acceptors (Lipinski definition) is 4. The highest BCUT2D eigenvalue weighted by Crippen LogP contribution is 2.29. The van der Waals surface area contributed by atoms with E-state index in [0.29, 0.717) is 23.0 Å². The Morgan fingerprint density at radius 3 is 2.26 bits per heavy atom. The van der Waals surface area contributed by atoms with E-state index in [1.54, 1.807) is 48.8 Å². The third kappa shape index (κ3) is 5.34. The van der Waals surface area contributed by atoms with Gasteiger partial charge in [-0.1, -0.05) is 13.0 Å². The van der Waals surface area contributed by atoms with Gasteiger partial charge in [-0.2, -0.15) is 0 Å². The predicted octanol–water partition coefficient (Wildman–Crippen LogP) is 5.16. The van der Waals surface area contributed by atoms with Gasteiger partial charge < -0.3 is 10.6 Å². The highest BCUT2D eigenvalue weighted by Gasteiger charge is 2.24. The smallest absolute Gasteiger partial charge is 0.274 e. The van der Waals surface area contributed by atoms with Gasteiger partial charge in [0.15, 0.2) is 0 Å². The summed E-state index contributed by atoms with van der Waals surface area (Å²) in [6.45, 7) is 2.24. The Hall–Kier alpha value is -3.54. The average molecular weight is 415 g/mol. The second-order valence-corrected chi connectivity index (χ2v) is 8.13. The lowest BCUT2D eigenvalue weighted by atomic mass is 9.82. The van der Waals surface area contributed by atoms with E-state index in [9.17, 15) is 9.59 Å². The van der Waals surface area contributed by atoms with Gasteiger partial charge >= 0.3 is 0 Å². The molecule has 2 heterocycles. The van der Waals surface area contributed by atoms with E-state index in [2.05, 4.69) is 27.5 Å². The van der Waals surface area contributed by atoms with Crippen molar-refractivity contribution in [2.75, 3.05) is 10.6 Å². The zero-order chi connectivity index (χ0) is 21.6. The van der Waals surface area contributed by atoms with Gasteiger partial charge in [0.25, 0.3) is 5.91 Å². The fraction of sp³-hybridized carbons (Fsp3) is 0.280. The first kappa shape index (κ1) is 20.7. The summed E-state index contributed by atoms with van der Waals surface area (Å²) in [5.41, 5.74) is 3.24. The van der Waals surface area contributed by atoms with Crippen molar-refractivity contribution in [2.24, 2.45) is 11.8 Å². The van der Waals surface area contributed by atoms with Crippen molar-refractivity contribution in [1.82, 2.24) is 9.97 Å². The minimum atomic E-state index is -0.293. The molecule has 0 spiro atoms. The molecule has 3 aromatic rings. The quantitative estimate of drug-likeness (QED) is 0.604. The summed E-state index contributed by atoms with van der Waals surface area (Å²) in [5, 5.41) is 5.85. The number of anilines is 2. The summed E-state index contributed by atoms with van der Waals surface area (Å²) in [6, 6.07) is 16.2. The van der Waals surface area contributed by atoms with Gasteiger partial charge in [-0.25, -0.2) is 4.98 Å². The number of nitrogens with one attached hydrogen (secondary N) is 2. The van der Waals surface area contributed by atoms with Crippen molar-refractivity contribution in [2.45, 2.75) is 32.6 Å². The van der Waals surface area contributed by atoms with E-state index in [4.69, 9.17) is 0 Å². The zero-order valence-electron chi connectivity index (χ0n) is 17.5. The van der Waals surface area contributed by atoms with Crippen LogP contribution in [-0.2, 0) is 4.79 Å². The summed E-state index contributed by atoms with van der Waals surface area (Å²) in [7, 11) is 0. The van der Waals surface area contributed by atoms with Gasteiger partial charge in [-0.3, -0.25) is 14.6 Å². The number of nitrogens with zero attached hydrogens (tertiary/aromatic N) is 2. The van der Waals surface area contributed by atoms with Crippen LogP contribution in [0.2, 0.25) is 0 Å². The monoisotopic (exact) mass is 414 g/mol. The molecule has 6 nitrogen and oxygen atoms in total. The highest BCUT2D eigenvalue weighted by atomic mass is 16.2. The zero-order valence-corrected chi connectivity index (χ0v) is 17.5. The normalized spacial score (nSPS) is 18.2. The lowest BCUT2D eigenvalue weighted by Crippen LogP contribution is -2.26. The second-order valence-electron chi connectivity index (χ2n) is 8.13. The molecule has 0 radical (unpaired) electrons. The minimum absolute atomic E-state index is 0.0834. The van der Waals surface area contributed by atoms with E-state index >= 15 is 0 Å². The van der Waals surface area contributed by atoms with Crippen LogP contribution in [0, 0.1) is 11.8 Å². The number of aromatic nitrogens is 2. The molecule has 31 heavy (non-hydrogen) atoms. The lowest BCUT2D eigenvalue weighted by Gasteiger charge is -2.25. The largest absolute Gasteiger partial charge is 0.326 e. The molecule has 1 saturated carbocycles. The molecule has 1 aliphatic carbocycles. The van der Waals surface area contributed by atoms with Gasteiger partial charge in [-0.05, 0) is 80.1 Å². The first-order valence-electron chi connectivity index (χ1n) is 10.7. The number of carbonyl (C=O) groups is 2. The highest BCUT2D eigenvalue weighted by molar-refractivity contribution is 6.03. The molecule has 1 fully saturated rings. The third-order valence-electron chi connectivity index (χ3n) is 5.74. The molecule has 0 bridgehead atoms. The summed E-state index contributed by atoms with van der Waals surface area (Å²) in [4.78, 5) is 33.7. The molecule has 2 aromatic heterocycles. The Balaban J connectivity index is 1.37. The van der Waals surface area contributed by atoms with Crippen LogP contribution in [0.25, 0.3) is 11.3 Å². The SMILES string of the molecule is CC1CCC(C(=O)Nc2ccc(NC(=O)c3cccc(-c4cccnc4)n3)cc2)CC1. The lowest BCUT2D eigenvalue weighted by molar-refractivity contribution is -0.121. The van der Waals surface area contributed by atoms with Gasteiger partial charge in [0.2, 0.25) is 5.91 Å². The Bertz CT molecular complexity index is 1040. The van der Waals surface area contributed by atoms with E-state index in [1.807, 2.05) is 18.2 Å². The van der Waals surface area contributed by atoms with Crippen molar-refractivity contribution >= 4 is 23.2 Å². The van der Waals surface area contributed by atoms with Crippen LogP contribution in [0.5, 0.6) is 0 Å².